The molecule has 5 nitrogen and oxygen atoms in total. The molecule has 1 unspecified atom stereocenters. The molecule has 146 valence electrons. The fraction of sp³-hybridized carbons (Fsp3) is 0.167. The summed E-state index contributed by atoms with van der Waals surface area (Å²) in [5, 5.41) is 16.1. The van der Waals surface area contributed by atoms with Crippen LogP contribution in [0.2, 0.25) is 0 Å². The van der Waals surface area contributed by atoms with Gasteiger partial charge in [0.05, 0.1) is 17.6 Å². The van der Waals surface area contributed by atoms with Gasteiger partial charge in [0.15, 0.2) is 0 Å². The lowest BCUT2D eigenvalue weighted by molar-refractivity contribution is 0.0880. The summed E-state index contributed by atoms with van der Waals surface area (Å²) < 4.78 is 7.01. The second-order valence-corrected chi connectivity index (χ2v) is 6.97. The molecule has 1 N–H and O–H groups in total. The minimum absolute atomic E-state index is 0.0741. The Morgan fingerprint density at radius 3 is 2.24 bits per heavy atom. The highest BCUT2D eigenvalue weighted by atomic mass is 16.5. The van der Waals surface area contributed by atoms with Crippen molar-refractivity contribution in [1.82, 2.24) is 9.78 Å². The van der Waals surface area contributed by atoms with E-state index in [-0.39, 0.29) is 18.7 Å². The highest BCUT2D eigenvalue weighted by molar-refractivity contribution is 5.83. The van der Waals surface area contributed by atoms with Crippen LogP contribution in [0.4, 0.5) is 0 Å². The molecule has 0 saturated heterocycles. The van der Waals surface area contributed by atoms with Gasteiger partial charge in [0.2, 0.25) is 0 Å². The van der Waals surface area contributed by atoms with E-state index in [0.29, 0.717) is 11.1 Å². The van der Waals surface area contributed by atoms with E-state index in [1.165, 1.54) is 4.68 Å². The molecule has 0 bridgehead atoms. The molecule has 0 saturated carbocycles. The summed E-state index contributed by atoms with van der Waals surface area (Å²) in [6.45, 7) is 2.01. The Bertz CT molecular complexity index is 1170. The molecular weight excluding hydrogens is 364 g/mol. The predicted molar refractivity (Wildman–Crippen MR) is 114 cm³/mol. The van der Waals surface area contributed by atoms with Crippen molar-refractivity contribution in [2.75, 3.05) is 6.61 Å². The summed E-state index contributed by atoms with van der Waals surface area (Å²) in [6.07, 6.45) is -0.852. The van der Waals surface area contributed by atoms with Gasteiger partial charge in [-0.05, 0) is 36.2 Å². The van der Waals surface area contributed by atoms with Gasteiger partial charge in [0.1, 0.15) is 18.5 Å². The van der Waals surface area contributed by atoms with Crippen LogP contribution >= 0.6 is 0 Å². The fourth-order valence-electron chi connectivity index (χ4n) is 3.35. The summed E-state index contributed by atoms with van der Waals surface area (Å²) in [6, 6.07) is 25.2. The third kappa shape index (κ3) is 4.20. The number of aryl methyl sites for hydroxylation is 1. The Balaban J connectivity index is 1.42. The number of hydrogen-bond acceptors (Lipinski definition) is 4. The summed E-state index contributed by atoms with van der Waals surface area (Å²) in [4.78, 5) is 12.6. The molecular formula is C24H22N2O3. The number of benzene rings is 3. The van der Waals surface area contributed by atoms with E-state index in [2.05, 4.69) is 17.2 Å². The molecule has 29 heavy (non-hydrogen) atoms. The Morgan fingerprint density at radius 2 is 1.52 bits per heavy atom. The first kappa shape index (κ1) is 18.9. The molecule has 0 aliphatic rings. The van der Waals surface area contributed by atoms with Gasteiger partial charge in [0.25, 0.3) is 5.56 Å². The lowest BCUT2D eigenvalue weighted by Crippen LogP contribution is -2.32. The molecule has 3 aromatic carbocycles. The Kier molecular flexibility index (Phi) is 5.40. The van der Waals surface area contributed by atoms with Crippen molar-refractivity contribution in [1.29, 1.82) is 0 Å². The van der Waals surface area contributed by atoms with E-state index in [9.17, 15) is 9.90 Å². The van der Waals surface area contributed by atoms with Crippen LogP contribution in [0.3, 0.4) is 0 Å². The number of aliphatic hydroxyl groups excluding tert-OH is 1. The molecule has 0 spiro atoms. The van der Waals surface area contributed by atoms with Crippen molar-refractivity contribution in [3.8, 4) is 16.9 Å². The first-order valence-corrected chi connectivity index (χ1v) is 9.54. The zero-order chi connectivity index (χ0) is 20.2. The van der Waals surface area contributed by atoms with Crippen LogP contribution in [0.5, 0.6) is 5.75 Å². The molecule has 0 amide bonds. The number of aliphatic hydroxyl groups is 1. The van der Waals surface area contributed by atoms with Gasteiger partial charge in [-0.3, -0.25) is 4.79 Å². The third-order valence-electron chi connectivity index (χ3n) is 4.84. The normalized spacial score (nSPS) is 12.1. The maximum absolute atomic E-state index is 12.6. The standard InChI is InChI=1S/C24H22N2O3/c1-17-22-9-5-6-10-23(22)24(28)26(25-17)15-20(27)16-29-21-13-11-19(12-14-21)18-7-3-2-4-8-18/h2-14,20,27H,15-16H2,1H3. The summed E-state index contributed by atoms with van der Waals surface area (Å²) >= 11 is 0. The Morgan fingerprint density at radius 1 is 0.897 bits per heavy atom. The van der Waals surface area contributed by atoms with Gasteiger partial charge in [-0.15, -0.1) is 0 Å². The molecule has 0 radical (unpaired) electrons. The molecule has 1 aromatic heterocycles. The van der Waals surface area contributed by atoms with Crippen LogP contribution in [0.25, 0.3) is 21.9 Å². The molecule has 0 aliphatic carbocycles. The van der Waals surface area contributed by atoms with E-state index in [4.69, 9.17) is 4.74 Å². The SMILES string of the molecule is Cc1nn(CC(O)COc2ccc(-c3ccccc3)cc2)c(=O)c2ccccc12. The van der Waals surface area contributed by atoms with Crippen molar-refractivity contribution >= 4 is 10.8 Å². The van der Waals surface area contributed by atoms with E-state index in [1.807, 2.05) is 67.6 Å². The number of aromatic nitrogens is 2. The van der Waals surface area contributed by atoms with Gasteiger partial charge in [-0.25, -0.2) is 4.68 Å². The molecule has 4 aromatic rings. The lowest BCUT2D eigenvalue weighted by Gasteiger charge is -2.15. The minimum Gasteiger partial charge on any atom is -0.491 e. The predicted octanol–water partition coefficient (Wildman–Crippen LogP) is 3.81. The highest BCUT2D eigenvalue weighted by Crippen LogP contribution is 2.22. The van der Waals surface area contributed by atoms with Gasteiger partial charge >= 0.3 is 0 Å². The van der Waals surface area contributed by atoms with Gasteiger partial charge in [0, 0.05) is 5.39 Å². The summed E-state index contributed by atoms with van der Waals surface area (Å²) in [5.74, 6) is 0.665. The van der Waals surface area contributed by atoms with E-state index in [1.54, 1.807) is 6.07 Å². The van der Waals surface area contributed by atoms with Crippen molar-refractivity contribution < 1.29 is 9.84 Å². The van der Waals surface area contributed by atoms with Gasteiger partial charge < -0.3 is 9.84 Å². The number of fused-ring (bicyclic) bond motifs is 1. The van der Waals surface area contributed by atoms with Gasteiger partial charge in [-0.1, -0.05) is 60.7 Å². The molecule has 4 rings (SSSR count). The van der Waals surface area contributed by atoms with Crippen LogP contribution in [-0.4, -0.2) is 27.6 Å². The first-order chi connectivity index (χ1) is 14.1. The average Bonchev–Trinajstić information content (AvgIpc) is 2.77. The molecule has 0 fully saturated rings. The Labute approximate surface area is 168 Å². The van der Waals surface area contributed by atoms with Crippen LogP contribution in [0.1, 0.15) is 5.69 Å². The minimum atomic E-state index is -0.852. The quantitative estimate of drug-likeness (QED) is 0.547. The monoisotopic (exact) mass is 386 g/mol. The van der Waals surface area contributed by atoms with Crippen LogP contribution < -0.4 is 10.3 Å². The zero-order valence-electron chi connectivity index (χ0n) is 16.2. The topological polar surface area (TPSA) is 64.3 Å². The maximum atomic E-state index is 12.6. The molecule has 1 heterocycles. The number of hydrogen-bond donors (Lipinski definition) is 1. The molecule has 1 atom stereocenters. The fourth-order valence-corrected chi connectivity index (χ4v) is 3.35. The van der Waals surface area contributed by atoms with Crippen molar-refractivity contribution in [2.45, 2.75) is 19.6 Å². The summed E-state index contributed by atoms with van der Waals surface area (Å²) in [5.41, 5.74) is 2.78. The maximum Gasteiger partial charge on any atom is 0.274 e. The van der Waals surface area contributed by atoms with Crippen LogP contribution in [0, 0.1) is 6.92 Å². The van der Waals surface area contributed by atoms with Crippen molar-refractivity contribution in [3.63, 3.8) is 0 Å². The number of rotatable bonds is 6. The average molecular weight is 386 g/mol. The van der Waals surface area contributed by atoms with Gasteiger partial charge in [-0.2, -0.15) is 5.10 Å². The van der Waals surface area contributed by atoms with E-state index >= 15 is 0 Å². The number of nitrogens with zero attached hydrogens (tertiary/aromatic N) is 2. The van der Waals surface area contributed by atoms with Crippen molar-refractivity contribution in [2.24, 2.45) is 0 Å². The molecule has 0 aliphatic heterocycles. The number of ether oxygens (including phenoxy) is 1. The van der Waals surface area contributed by atoms with Crippen LogP contribution in [0.15, 0.2) is 83.7 Å². The van der Waals surface area contributed by atoms with E-state index in [0.717, 1.165) is 22.2 Å². The van der Waals surface area contributed by atoms with Crippen LogP contribution in [-0.2, 0) is 6.54 Å². The second kappa shape index (κ2) is 8.29. The first-order valence-electron chi connectivity index (χ1n) is 9.54. The third-order valence-corrected chi connectivity index (χ3v) is 4.84. The van der Waals surface area contributed by atoms with Crippen molar-refractivity contribution in [3.05, 3.63) is 94.9 Å². The Hall–Kier alpha value is -3.44. The van der Waals surface area contributed by atoms with E-state index < -0.39 is 6.10 Å². The zero-order valence-corrected chi connectivity index (χ0v) is 16.2. The smallest absolute Gasteiger partial charge is 0.274 e. The second-order valence-electron chi connectivity index (χ2n) is 6.97. The summed E-state index contributed by atoms with van der Waals surface area (Å²) in [7, 11) is 0. The highest BCUT2D eigenvalue weighted by Gasteiger charge is 2.12. The lowest BCUT2D eigenvalue weighted by atomic mass is 10.1. The molecule has 5 heteroatoms. The largest absolute Gasteiger partial charge is 0.491 e.